The zero-order valence-electron chi connectivity index (χ0n) is 19.5. The molecule has 0 aliphatic carbocycles. The molecule has 190 valence electrons. The summed E-state index contributed by atoms with van der Waals surface area (Å²) in [7, 11) is -4.09. The van der Waals surface area contributed by atoms with Crippen LogP contribution in [0.5, 0.6) is 0 Å². The molecule has 2 aromatic rings. The highest BCUT2D eigenvalue weighted by Crippen LogP contribution is 2.25. The fourth-order valence-electron chi connectivity index (χ4n) is 3.46. The first-order valence-corrected chi connectivity index (χ1v) is 12.7. The maximum Gasteiger partial charge on any atom is 0.321 e. The van der Waals surface area contributed by atoms with Crippen LogP contribution in [0.25, 0.3) is 11.1 Å². The molecule has 0 saturated heterocycles. The molecule has 0 unspecified atom stereocenters. The Morgan fingerprint density at radius 1 is 0.943 bits per heavy atom. The standard InChI is InChI=1S/C24H29ClN2O7S/c1-24(2,15-22(29)30)14-21(28)26-13-3-4-20(23(31)32)27-35(33,34)19-11-7-17(8-12-19)16-5-9-18(25)10-6-16/h5-12,20,27H,3-4,13-15H2,1-2H3,(H,26,28)(H,29,30)(H,31,32)/t20-/m0/s1. The second-order valence-electron chi connectivity index (χ2n) is 8.95. The first kappa shape index (κ1) is 28.3. The number of amides is 1. The Bertz CT molecular complexity index is 1150. The highest BCUT2D eigenvalue weighted by Gasteiger charge is 2.26. The number of aliphatic carboxylic acids is 2. The third-order valence-corrected chi connectivity index (χ3v) is 6.94. The molecule has 2 aromatic carbocycles. The highest BCUT2D eigenvalue weighted by molar-refractivity contribution is 7.89. The van der Waals surface area contributed by atoms with Crippen LogP contribution in [0.3, 0.4) is 0 Å². The first-order valence-electron chi connectivity index (χ1n) is 10.9. The molecule has 0 heterocycles. The lowest BCUT2D eigenvalue weighted by molar-refractivity contribution is -0.140. The maximum absolute atomic E-state index is 12.7. The van der Waals surface area contributed by atoms with Gasteiger partial charge in [0.1, 0.15) is 6.04 Å². The van der Waals surface area contributed by atoms with Crippen LogP contribution >= 0.6 is 11.6 Å². The Hall–Kier alpha value is -2.95. The summed E-state index contributed by atoms with van der Waals surface area (Å²) in [4.78, 5) is 34.4. The Morgan fingerprint density at radius 3 is 2.00 bits per heavy atom. The summed E-state index contributed by atoms with van der Waals surface area (Å²) in [6.07, 6.45) is 0.000577. The van der Waals surface area contributed by atoms with Gasteiger partial charge in [0.25, 0.3) is 0 Å². The smallest absolute Gasteiger partial charge is 0.321 e. The molecule has 0 saturated carbocycles. The van der Waals surface area contributed by atoms with Crippen LogP contribution in [0, 0.1) is 5.41 Å². The average Bonchev–Trinajstić information content (AvgIpc) is 2.75. The van der Waals surface area contributed by atoms with Crippen LogP contribution in [-0.2, 0) is 24.4 Å². The van der Waals surface area contributed by atoms with E-state index in [0.29, 0.717) is 5.02 Å². The molecule has 4 N–H and O–H groups in total. The second kappa shape index (κ2) is 12.1. The molecule has 2 rings (SSSR count). The van der Waals surface area contributed by atoms with Crippen molar-refractivity contribution in [2.24, 2.45) is 5.41 Å². The number of carboxylic acids is 2. The van der Waals surface area contributed by atoms with Gasteiger partial charge in [-0.2, -0.15) is 4.72 Å². The number of hydrogen-bond donors (Lipinski definition) is 4. The Balaban J connectivity index is 1.92. The van der Waals surface area contributed by atoms with Crippen molar-refractivity contribution < 1.29 is 33.0 Å². The summed E-state index contributed by atoms with van der Waals surface area (Å²) in [5.74, 6) is -2.69. The second-order valence-corrected chi connectivity index (χ2v) is 11.1. The number of hydrogen-bond acceptors (Lipinski definition) is 5. The van der Waals surface area contributed by atoms with Gasteiger partial charge in [-0.25, -0.2) is 8.42 Å². The van der Waals surface area contributed by atoms with E-state index in [1.165, 1.54) is 12.1 Å². The van der Waals surface area contributed by atoms with Gasteiger partial charge in [-0.05, 0) is 53.6 Å². The Labute approximate surface area is 209 Å². The van der Waals surface area contributed by atoms with E-state index in [1.807, 2.05) is 0 Å². The van der Waals surface area contributed by atoms with Crippen LogP contribution in [0.2, 0.25) is 5.02 Å². The molecule has 0 fully saturated rings. The summed E-state index contributed by atoms with van der Waals surface area (Å²) in [5, 5.41) is 21.6. The number of carbonyl (C=O) groups excluding carboxylic acids is 1. The van der Waals surface area contributed by atoms with Gasteiger partial charge in [0.2, 0.25) is 15.9 Å². The van der Waals surface area contributed by atoms with Crippen molar-refractivity contribution in [1.82, 2.24) is 10.0 Å². The topological polar surface area (TPSA) is 150 Å². The zero-order valence-corrected chi connectivity index (χ0v) is 21.0. The first-order chi connectivity index (χ1) is 16.3. The van der Waals surface area contributed by atoms with E-state index >= 15 is 0 Å². The van der Waals surface area contributed by atoms with Crippen molar-refractivity contribution in [3.63, 3.8) is 0 Å². The van der Waals surface area contributed by atoms with E-state index in [1.54, 1.807) is 50.2 Å². The fraction of sp³-hybridized carbons (Fsp3) is 0.375. The summed E-state index contributed by atoms with van der Waals surface area (Å²) in [6.45, 7) is 3.46. The number of sulfonamides is 1. The van der Waals surface area contributed by atoms with E-state index in [4.69, 9.17) is 16.7 Å². The third-order valence-electron chi connectivity index (χ3n) is 5.20. The zero-order chi connectivity index (χ0) is 26.2. The molecule has 0 aliphatic heterocycles. The molecule has 0 bridgehead atoms. The lowest BCUT2D eigenvalue weighted by Gasteiger charge is -2.21. The van der Waals surface area contributed by atoms with Gasteiger partial charge in [0.15, 0.2) is 0 Å². The van der Waals surface area contributed by atoms with Crippen LogP contribution < -0.4 is 10.0 Å². The Morgan fingerprint density at radius 2 is 1.49 bits per heavy atom. The summed E-state index contributed by atoms with van der Waals surface area (Å²) < 4.78 is 27.6. The van der Waals surface area contributed by atoms with E-state index in [0.717, 1.165) is 11.1 Å². The molecule has 1 atom stereocenters. The van der Waals surface area contributed by atoms with E-state index in [2.05, 4.69) is 10.0 Å². The summed E-state index contributed by atoms with van der Waals surface area (Å²) in [6, 6.07) is 11.7. The van der Waals surface area contributed by atoms with Gasteiger partial charge in [0.05, 0.1) is 11.3 Å². The minimum atomic E-state index is -4.09. The normalized spacial score (nSPS) is 12.7. The van der Waals surface area contributed by atoms with Crippen LogP contribution in [0.1, 0.15) is 39.5 Å². The number of benzene rings is 2. The predicted octanol–water partition coefficient (Wildman–Crippen LogP) is 3.53. The maximum atomic E-state index is 12.7. The molecule has 0 spiro atoms. The van der Waals surface area contributed by atoms with Gasteiger partial charge >= 0.3 is 11.9 Å². The predicted molar refractivity (Wildman–Crippen MR) is 132 cm³/mol. The van der Waals surface area contributed by atoms with E-state index in [-0.39, 0.29) is 43.0 Å². The monoisotopic (exact) mass is 524 g/mol. The lowest BCUT2D eigenvalue weighted by Crippen LogP contribution is -2.41. The van der Waals surface area contributed by atoms with Crippen molar-refractivity contribution in [1.29, 1.82) is 0 Å². The van der Waals surface area contributed by atoms with Crippen LogP contribution in [0.15, 0.2) is 53.4 Å². The average molecular weight is 525 g/mol. The van der Waals surface area contributed by atoms with E-state index < -0.39 is 33.4 Å². The van der Waals surface area contributed by atoms with Gasteiger partial charge in [-0.1, -0.05) is 49.7 Å². The largest absolute Gasteiger partial charge is 0.481 e. The lowest BCUT2D eigenvalue weighted by atomic mass is 9.85. The molecule has 0 radical (unpaired) electrons. The number of halogens is 1. The van der Waals surface area contributed by atoms with Crippen LogP contribution in [0.4, 0.5) is 0 Å². The van der Waals surface area contributed by atoms with Crippen molar-refractivity contribution in [2.75, 3.05) is 6.54 Å². The van der Waals surface area contributed by atoms with Gasteiger partial charge in [0, 0.05) is 18.0 Å². The minimum Gasteiger partial charge on any atom is -0.481 e. The molecular weight excluding hydrogens is 496 g/mol. The van der Waals surface area contributed by atoms with E-state index in [9.17, 15) is 27.9 Å². The number of nitrogens with one attached hydrogen (secondary N) is 2. The van der Waals surface area contributed by atoms with Crippen LogP contribution in [-0.4, -0.2) is 49.1 Å². The molecule has 35 heavy (non-hydrogen) atoms. The molecule has 0 aromatic heterocycles. The summed E-state index contributed by atoms with van der Waals surface area (Å²) in [5.41, 5.74) is 0.902. The highest BCUT2D eigenvalue weighted by atomic mass is 35.5. The Kier molecular flexibility index (Phi) is 9.82. The van der Waals surface area contributed by atoms with Crippen molar-refractivity contribution in [3.05, 3.63) is 53.6 Å². The molecular formula is C24H29ClN2O7S. The van der Waals surface area contributed by atoms with Gasteiger partial charge < -0.3 is 15.5 Å². The minimum absolute atomic E-state index is 0.000302. The van der Waals surface area contributed by atoms with Crippen molar-refractivity contribution in [2.45, 2.75) is 50.5 Å². The third kappa shape index (κ3) is 9.31. The molecule has 9 nitrogen and oxygen atoms in total. The quantitative estimate of drug-likeness (QED) is 0.293. The number of carbonyl (C=O) groups is 3. The molecule has 1 amide bonds. The van der Waals surface area contributed by atoms with Gasteiger partial charge in [-0.3, -0.25) is 14.4 Å². The van der Waals surface area contributed by atoms with Gasteiger partial charge in [-0.15, -0.1) is 0 Å². The fourth-order valence-corrected chi connectivity index (χ4v) is 4.81. The van der Waals surface area contributed by atoms with Crippen molar-refractivity contribution in [3.8, 4) is 11.1 Å². The number of carboxylic acid groups (broad SMARTS) is 2. The SMILES string of the molecule is CC(C)(CC(=O)O)CC(=O)NCCC[C@H](NS(=O)(=O)c1ccc(-c2ccc(Cl)cc2)cc1)C(=O)O. The molecule has 11 heteroatoms. The summed E-state index contributed by atoms with van der Waals surface area (Å²) >= 11 is 5.89. The van der Waals surface area contributed by atoms with Crippen molar-refractivity contribution >= 4 is 39.5 Å². The number of rotatable bonds is 13. The molecule has 0 aliphatic rings.